The molecule has 1 aliphatic carbocycles. The van der Waals surface area contributed by atoms with Crippen LogP contribution >= 0.6 is 0 Å². The second kappa shape index (κ2) is 7.53. The van der Waals surface area contributed by atoms with E-state index in [2.05, 4.69) is 10.2 Å². The third kappa shape index (κ3) is 4.28. The lowest BCUT2D eigenvalue weighted by Gasteiger charge is -2.22. The molecule has 1 aromatic carbocycles. The van der Waals surface area contributed by atoms with Gasteiger partial charge in [-0.1, -0.05) is 12.1 Å². The normalized spacial score (nSPS) is 23.7. The Morgan fingerprint density at radius 2 is 2.00 bits per heavy atom. The molecule has 5 heteroatoms. The summed E-state index contributed by atoms with van der Waals surface area (Å²) in [7, 11) is 1.66. The average Bonchev–Trinajstić information content (AvgIpc) is 3.31. The Balaban J connectivity index is 1.56. The third-order valence-corrected chi connectivity index (χ3v) is 5.24. The van der Waals surface area contributed by atoms with Crippen molar-refractivity contribution >= 4 is 5.91 Å². The lowest BCUT2D eigenvalue weighted by Crippen LogP contribution is -2.39. The molecule has 2 N–H and O–H groups in total. The van der Waals surface area contributed by atoms with E-state index in [0.717, 1.165) is 30.8 Å². The molecular formula is C19H28N2O3. The Bertz CT molecular complexity index is 554. The standard InChI is InChI=1S/C19H28N2O3/c1-13(22)16-9-10-21(11-16)12-18(23)20-19(14-3-4-14)15-5-7-17(24-2)8-6-15/h5-8,13-14,16,19,22H,3-4,9-12H2,1-2H3,(H,20,23). The number of aliphatic hydroxyl groups is 1. The van der Waals surface area contributed by atoms with Crippen molar-refractivity contribution in [2.24, 2.45) is 11.8 Å². The van der Waals surface area contributed by atoms with Gasteiger partial charge in [-0.2, -0.15) is 0 Å². The number of amides is 1. The number of nitrogens with one attached hydrogen (secondary N) is 1. The molecular weight excluding hydrogens is 304 g/mol. The van der Waals surface area contributed by atoms with E-state index >= 15 is 0 Å². The van der Waals surface area contributed by atoms with Gasteiger partial charge >= 0.3 is 0 Å². The maximum Gasteiger partial charge on any atom is 0.234 e. The lowest BCUT2D eigenvalue weighted by atomic mass is 10.0. The van der Waals surface area contributed by atoms with Gasteiger partial charge in [-0.15, -0.1) is 0 Å². The first kappa shape index (κ1) is 17.2. The van der Waals surface area contributed by atoms with Gasteiger partial charge in [0.2, 0.25) is 5.91 Å². The topological polar surface area (TPSA) is 61.8 Å². The van der Waals surface area contributed by atoms with Crippen LogP contribution in [0.15, 0.2) is 24.3 Å². The van der Waals surface area contributed by atoms with Crippen LogP contribution in [0.4, 0.5) is 0 Å². The molecule has 1 amide bonds. The molecule has 0 aromatic heterocycles. The van der Waals surface area contributed by atoms with Crippen LogP contribution in [0, 0.1) is 11.8 Å². The predicted octanol–water partition coefficient (Wildman–Crippen LogP) is 1.97. The van der Waals surface area contributed by atoms with Gasteiger partial charge in [0.25, 0.3) is 0 Å². The van der Waals surface area contributed by atoms with Gasteiger partial charge in [-0.3, -0.25) is 9.69 Å². The summed E-state index contributed by atoms with van der Waals surface area (Å²) in [5, 5.41) is 12.9. The van der Waals surface area contributed by atoms with Gasteiger partial charge in [-0.25, -0.2) is 0 Å². The van der Waals surface area contributed by atoms with Gasteiger partial charge < -0.3 is 15.2 Å². The minimum Gasteiger partial charge on any atom is -0.497 e. The molecule has 0 radical (unpaired) electrons. The molecule has 132 valence electrons. The summed E-state index contributed by atoms with van der Waals surface area (Å²) in [4.78, 5) is 14.6. The number of hydrogen-bond acceptors (Lipinski definition) is 4. The molecule has 1 aromatic rings. The van der Waals surface area contributed by atoms with Crippen molar-refractivity contribution in [2.45, 2.75) is 38.3 Å². The minimum atomic E-state index is -0.295. The molecule has 0 bridgehead atoms. The monoisotopic (exact) mass is 332 g/mol. The summed E-state index contributed by atoms with van der Waals surface area (Å²) in [6.45, 7) is 3.95. The van der Waals surface area contributed by atoms with Gasteiger partial charge in [0.15, 0.2) is 0 Å². The smallest absolute Gasteiger partial charge is 0.234 e. The molecule has 2 fully saturated rings. The van der Waals surface area contributed by atoms with Crippen molar-refractivity contribution in [1.29, 1.82) is 0 Å². The van der Waals surface area contributed by atoms with E-state index in [1.807, 2.05) is 31.2 Å². The zero-order valence-corrected chi connectivity index (χ0v) is 14.6. The lowest BCUT2D eigenvalue weighted by molar-refractivity contribution is -0.123. The molecule has 3 unspecified atom stereocenters. The van der Waals surface area contributed by atoms with E-state index in [-0.39, 0.29) is 18.1 Å². The Hall–Kier alpha value is -1.59. The third-order valence-electron chi connectivity index (χ3n) is 5.24. The second-order valence-electron chi connectivity index (χ2n) is 7.18. The van der Waals surface area contributed by atoms with Gasteiger partial charge in [0.05, 0.1) is 25.8 Å². The van der Waals surface area contributed by atoms with Crippen molar-refractivity contribution in [1.82, 2.24) is 10.2 Å². The summed E-state index contributed by atoms with van der Waals surface area (Å²) < 4.78 is 5.21. The van der Waals surface area contributed by atoms with Gasteiger partial charge in [-0.05, 0) is 62.3 Å². The van der Waals surface area contributed by atoms with Crippen LogP contribution in [0.1, 0.15) is 37.8 Å². The van der Waals surface area contributed by atoms with Crippen molar-refractivity contribution in [3.8, 4) is 5.75 Å². The predicted molar refractivity (Wildman–Crippen MR) is 92.8 cm³/mol. The number of aliphatic hydroxyl groups excluding tert-OH is 1. The summed E-state index contributed by atoms with van der Waals surface area (Å²) in [5.74, 6) is 1.75. The first-order chi connectivity index (χ1) is 11.6. The van der Waals surface area contributed by atoms with E-state index in [4.69, 9.17) is 4.74 Å². The van der Waals surface area contributed by atoms with Crippen LogP contribution in [0.3, 0.4) is 0 Å². The molecule has 5 nitrogen and oxygen atoms in total. The Morgan fingerprint density at radius 3 is 2.54 bits per heavy atom. The van der Waals surface area contributed by atoms with Gasteiger partial charge in [0.1, 0.15) is 5.75 Å². The summed E-state index contributed by atoms with van der Waals surface area (Å²) >= 11 is 0. The Morgan fingerprint density at radius 1 is 1.29 bits per heavy atom. The molecule has 3 atom stereocenters. The number of hydrogen-bond donors (Lipinski definition) is 2. The molecule has 1 saturated carbocycles. The van der Waals surface area contributed by atoms with Crippen LogP contribution in [0.2, 0.25) is 0 Å². The highest BCUT2D eigenvalue weighted by atomic mass is 16.5. The van der Waals surface area contributed by atoms with E-state index < -0.39 is 0 Å². The number of ether oxygens (including phenoxy) is 1. The van der Waals surface area contributed by atoms with Crippen LogP contribution in [-0.4, -0.2) is 48.8 Å². The zero-order valence-electron chi connectivity index (χ0n) is 14.6. The Kier molecular flexibility index (Phi) is 5.41. The zero-order chi connectivity index (χ0) is 17.1. The number of rotatable bonds is 7. The van der Waals surface area contributed by atoms with Crippen molar-refractivity contribution in [3.63, 3.8) is 0 Å². The highest BCUT2D eigenvalue weighted by Gasteiger charge is 2.34. The molecule has 1 saturated heterocycles. The number of methoxy groups -OCH3 is 1. The molecule has 1 aliphatic heterocycles. The molecule has 0 spiro atoms. The molecule has 3 rings (SSSR count). The van der Waals surface area contributed by atoms with Crippen LogP contribution in [0.5, 0.6) is 5.75 Å². The summed E-state index contributed by atoms with van der Waals surface area (Å²) in [5.41, 5.74) is 1.15. The fourth-order valence-corrected chi connectivity index (χ4v) is 3.54. The molecule has 1 heterocycles. The SMILES string of the molecule is COc1ccc(C(NC(=O)CN2CCC(C(C)O)C2)C2CC2)cc1. The van der Waals surface area contributed by atoms with Crippen molar-refractivity contribution in [2.75, 3.05) is 26.7 Å². The summed E-state index contributed by atoms with van der Waals surface area (Å²) in [6.07, 6.45) is 3.02. The van der Waals surface area contributed by atoms with Crippen molar-refractivity contribution < 1.29 is 14.6 Å². The van der Waals surface area contributed by atoms with Crippen LogP contribution in [-0.2, 0) is 4.79 Å². The van der Waals surface area contributed by atoms with E-state index in [1.54, 1.807) is 7.11 Å². The quantitative estimate of drug-likeness (QED) is 0.801. The highest BCUT2D eigenvalue weighted by molar-refractivity contribution is 5.78. The number of nitrogens with zero attached hydrogens (tertiary/aromatic N) is 1. The fourth-order valence-electron chi connectivity index (χ4n) is 3.54. The second-order valence-corrected chi connectivity index (χ2v) is 7.18. The minimum absolute atomic E-state index is 0.0777. The Labute approximate surface area is 144 Å². The number of likely N-dealkylation sites (tertiary alicyclic amines) is 1. The van der Waals surface area contributed by atoms with Crippen molar-refractivity contribution in [3.05, 3.63) is 29.8 Å². The maximum atomic E-state index is 12.5. The summed E-state index contributed by atoms with van der Waals surface area (Å²) in [6, 6.07) is 8.08. The number of carbonyl (C=O) groups is 1. The first-order valence-electron chi connectivity index (χ1n) is 8.90. The van der Waals surface area contributed by atoms with E-state index in [9.17, 15) is 9.90 Å². The van der Waals surface area contributed by atoms with Gasteiger partial charge in [0, 0.05) is 6.54 Å². The average molecular weight is 332 g/mol. The largest absolute Gasteiger partial charge is 0.497 e. The maximum absolute atomic E-state index is 12.5. The van der Waals surface area contributed by atoms with Crippen LogP contribution in [0.25, 0.3) is 0 Å². The van der Waals surface area contributed by atoms with Crippen LogP contribution < -0.4 is 10.1 Å². The first-order valence-corrected chi connectivity index (χ1v) is 8.90. The molecule has 24 heavy (non-hydrogen) atoms. The van der Waals surface area contributed by atoms with E-state index in [1.165, 1.54) is 12.8 Å². The fraction of sp³-hybridized carbons (Fsp3) is 0.632. The molecule has 2 aliphatic rings. The number of benzene rings is 1. The van der Waals surface area contributed by atoms with E-state index in [0.29, 0.717) is 18.4 Å². The highest BCUT2D eigenvalue weighted by Crippen LogP contribution is 2.41. The number of carbonyl (C=O) groups excluding carboxylic acids is 1.